The molecule has 2 unspecified atom stereocenters. The maximum atomic E-state index is 11.4. The maximum Gasteiger partial charge on any atom is 0.307 e. The molecule has 3 rings (SSSR count). The molecular weight excluding hydrogens is 374 g/mol. The molecule has 2 atom stereocenters. The summed E-state index contributed by atoms with van der Waals surface area (Å²) in [7, 11) is 0. The van der Waals surface area contributed by atoms with Gasteiger partial charge in [-0.3, -0.25) is 9.69 Å². The Labute approximate surface area is 149 Å². The number of hydrogen-bond acceptors (Lipinski definition) is 3. The standard InChI is InChI=1S/C18H20BrNO2S/c1-12-8-10-23-17(12)16(14-6-2-3-7-15(14)19)20-9-4-5-13(11-20)18(21)22/h2-3,6-8,10,13,16H,4-5,9,11H2,1H3,(H,21,22). The van der Waals surface area contributed by atoms with E-state index >= 15 is 0 Å². The highest BCUT2D eigenvalue weighted by Crippen LogP contribution is 2.39. The van der Waals surface area contributed by atoms with E-state index in [4.69, 9.17) is 0 Å². The molecule has 2 aromatic rings. The minimum Gasteiger partial charge on any atom is -0.481 e. The molecule has 2 heterocycles. The van der Waals surface area contributed by atoms with Crippen molar-refractivity contribution >= 4 is 33.2 Å². The predicted octanol–water partition coefficient (Wildman–Crippen LogP) is 4.71. The quantitative estimate of drug-likeness (QED) is 0.817. The van der Waals surface area contributed by atoms with Gasteiger partial charge in [0.1, 0.15) is 0 Å². The Morgan fingerprint density at radius 3 is 2.83 bits per heavy atom. The molecule has 1 N–H and O–H groups in total. The Balaban J connectivity index is 2.01. The first-order valence-corrected chi connectivity index (χ1v) is 9.50. The van der Waals surface area contributed by atoms with E-state index in [9.17, 15) is 9.90 Å². The summed E-state index contributed by atoms with van der Waals surface area (Å²) in [6.45, 7) is 3.68. The molecule has 0 saturated carbocycles. The Bertz CT molecular complexity index is 700. The number of hydrogen-bond donors (Lipinski definition) is 1. The molecule has 1 fully saturated rings. The highest BCUT2D eigenvalue weighted by molar-refractivity contribution is 9.10. The second-order valence-corrected chi connectivity index (χ2v) is 7.87. The van der Waals surface area contributed by atoms with E-state index in [-0.39, 0.29) is 12.0 Å². The van der Waals surface area contributed by atoms with Crippen LogP contribution in [0.4, 0.5) is 0 Å². The number of carboxylic acid groups (broad SMARTS) is 1. The van der Waals surface area contributed by atoms with Gasteiger partial charge >= 0.3 is 5.97 Å². The Hall–Kier alpha value is -1.17. The van der Waals surface area contributed by atoms with Crippen LogP contribution in [0.25, 0.3) is 0 Å². The third-order valence-electron chi connectivity index (χ3n) is 4.52. The predicted molar refractivity (Wildman–Crippen MR) is 97.0 cm³/mol. The number of piperidine rings is 1. The van der Waals surface area contributed by atoms with Crippen LogP contribution in [0.2, 0.25) is 0 Å². The summed E-state index contributed by atoms with van der Waals surface area (Å²) < 4.78 is 1.08. The van der Waals surface area contributed by atoms with Crippen LogP contribution in [0, 0.1) is 12.8 Å². The van der Waals surface area contributed by atoms with Gasteiger partial charge in [0.2, 0.25) is 0 Å². The summed E-state index contributed by atoms with van der Waals surface area (Å²) in [5.41, 5.74) is 2.48. The molecule has 1 aromatic carbocycles. The van der Waals surface area contributed by atoms with Gasteiger partial charge in [-0.2, -0.15) is 0 Å². The van der Waals surface area contributed by atoms with Gasteiger partial charge < -0.3 is 5.11 Å². The molecule has 23 heavy (non-hydrogen) atoms. The topological polar surface area (TPSA) is 40.5 Å². The van der Waals surface area contributed by atoms with Gasteiger partial charge in [0.15, 0.2) is 0 Å². The van der Waals surface area contributed by atoms with E-state index in [1.54, 1.807) is 11.3 Å². The summed E-state index contributed by atoms with van der Waals surface area (Å²) in [5.74, 6) is -0.947. The summed E-state index contributed by atoms with van der Waals surface area (Å²) in [4.78, 5) is 15.1. The fourth-order valence-electron chi connectivity index (χ4n) is 3.31. The summed E-state index contributed by atoms with van der Waals surface area (Å²) in [6, 6.07) is 10.5. The van der Waals surface area contributed by atoms with E-state index in [2.05, 4.69) is 57.4 Å². The lowest BCUT2D eigenvalue weighted by atomic mass is 9.93. The van der Waals surface area contributed by atoms with Crippen molar-refractivity contribution in [3.05, 3.63) is 56.2 Å². The second-order valence-electron chi connectivity index (χ2n) is 6.06. The van der Waals surface area contributed by atoms with Crippen LogP contribution in [0.15, 0.2) is 40.2 Å². The molecule has 1 aromatic heterocycles. The van der Waals surface area contributed by atoms with E-state index in [1.807, 2.05) is 6.07 Å². The van der Waals surface area contributed by atoms with Crippen LogP contribution in [-0.4, -0.2) is 29.1 Å². The van der Waals surface area contributed by atoms with Crippen molar-refractivity contribution in [3.8, 4) is 0 Å². The number of rotatable bonds is 4. The van der Waals surface area contributed by atoms with E-state index in [0.717, 1.165) is 23.9 Å². The molecule has 0 radical (unpaired) electrons. The molecule has 1 saturated heterocycles. The van der Waals surface area contributed by atoms with Gasteiger partial charge in [0.25, 0.3) is 0 Å². The molecule has 0 bridgehead atoms. The third kappa shape index (κ3) is 3.52. The fourth-order valence-corrected chi connectivity index (χ4v) is 4.89. The van der Waals surface area contributed by atoms with Crippen molar-refractivity contribution in [2.24, 2.45) is 5.92 Å². The zero-order chi connectivity index (χ0) is 16.4. The Morgan fingerprint density at radius 2 is 2.17 bits per heavy atom. The Kier molecular flexibility index (Phi) is 5.19. The molecule has 0 aliphatic carbocycles. The first-order chi connectivity index (χ1) is 11.1. The van der Waals surface area contributed by atoms with Crippen molar-refractivity contribution in [3.63, 3.8) is 0 Å². The smallest absolute Gasteiger partial charge is 0.307 e. The van der Waals surface area contributed by atoms with E-state index < -0.39 is 5.97 Å². The molecule has 1 aliphatic heterocycles. The van der Waals surface area contributed by atoms with Gasteiger partial charge in [-0.1, -0.05) is 34.1 Å². The van der Waals surface area contributed by atoms with Crippen LogP contribution in [0.5, 0.6) is 0 Å². The van der Waals surface area contributed by atoms with Crippen molar-refractivity contribution in [2.45, 2.75) is 25.8 Å². The van der Waals surface area contributed by atoms with Crippen LogP contribution in [0.1, 0.15) is 34.9 Å². The minimum absolute atomic E-state index is 0.118. The third-order valence-corrected chi connectivity index (χ3v) is 6.31. The number of carboxylic acids is 1. The number of likely N-dealkylation sites (tertiary alicyclic amines) is 1. The minimum atomic E-state index is -0.677. The molecule has 5 heteroatoms. The Morgan fingerprint density at radius 1 is 1.39 bits per heavy atom. The van der Waals surface area contributed by atoms with E-state index in [1.165, 1.54) is 16.0 Å². The zero-order valence-corrected chi connectivity index (χ0v) is 15.4. The number of halogens is 1. The average Bonchev–Trinajstić information content (AvgIpc) is 2.96. The number of aryl methyl sites for hydroxylation is 1. The lowest BCUT2D eigenvalue weighted by molar-refractivity contribution is -0.143. The fraction of sp³-hybridized carbons (Fsp3) is 0.389. The SMILES string of the molecule is Cc1ccsc1C(c1ccccc1Br)N1CCCC(C(=O)O)C1. The second kappa shape index (κ2) is 7.16. The van der Waals surface area contributed by atoms with Crippen molar-refractivity contribution in [2.75, 3.05) is 13.1 Å². The highest BCUT2D eigenvalue weighted by Gasteiger charge is 2.33. The first-order valence-electron chi connectivity index (χ1n) is 7.83. The van der Waals surface area contributed by atoms with Crippen molar-refractivity contribution < 1.29 is 9.90 Å². The number of nitrogens with zero attached hydrogens (tertiary/aromatic N) is 1. The molecule has 122 valence electrons. The van der Waals surface area contributed by atoms with Gasteiger partial charge in [-0.15, -0.1) is 11.3 Å². The summed E-state index contributed by atoms with van der Waals surface area (Å²) in [5, 5.41) is 11.5. The van der Waals surface area contributed by atoms with Gasteiger partial charge in [0, 0.05) is 15.9 Å². The monoisotopic (exact) mass is 393 g/mol. The summed E-state index contributed by atoms with van der Waals surface area (Å²) >= 11 is 5.43. The van der Waals surface area contributed by atoms with Crippen LogP contribution in [-0.2, 0) is 4.79 Å². The molecule has 3 nitrogen and oxygen atoms in total. The van der Waals surface area contributed by atoms with Gasteiger partial charge in [0.05, 0.1) is 12.0 Å². The number of thiophene rings is 1. The normalized spacial score (nSPS) is 20.3. The first kappa shape index (κ1) is 16.7. The lowest BCUT2D eigenvalue weighted by Gasteiger charge is -2.37. The molecule has 0 amide bonds. The van der Waals surface area contributed by atoms with E-state index in [0.29, 0.717) is 6.54 Å². The highest BCUT2D eigenvalue weighted by atomic mass is 79.9. The average molecular weight is 394 g/mol. The largest absolute Gasteiger partial charge is 0.481 e. The van der Waals surface area contributed by atoms with Crippen LogP contribution in [0.3, 0.4) is 0 Å². The molecule has 1 aliphatic rings. The summed E-state index contributed by atoms with van der Waals surface area (Å²) in [6.07, 6.45) is 1.71. The lowest BCUT2D eigenvalue weighted by Crippen LogP contribution is -2.41. The number of carbonyl (C=O) groups is 1. The van der Waals surface area contributed by atoms with Gasteiger partial charge in [-0.05, 0) is 54.9 Å². The maximum absolute atomic E-state index is 11.4. The molecule has 0 spiro atoms. The number of aliphatic carboxylic acids is 1. The number of benzene rings is 1. The molecular formula is C18H20BrNO2S. The van der Waals surface area contributed by atoms with Crippen LogP contribution < -0.4 is 0 Å². The van der Waals surface area contributed by atoms with Crippen molar-refractivity contribution in [1.82, 2.24) is 4.90 Å². The van der Waals surface area contributed by atoms with Crippen LogP contribution >= 0.6 is 27.3 Å². The van der Waals surface area contributed by atoms with Gasteiger partial charge in [-0.25, -0.2) is 0 Å². The van der Waals surface area contributed by atoms with Crippen molar-refractivity contribution in [1.29, 1.82) is 0 Å². The zero-order valence-electron chi connectivity index (χ0n) is 13.0.